The van der Waals surface area contributed by atoms with Gasteiger partial charge in [0.1, 0.15) is 0 Å². The van der Waals surface area contributed by atoms with Crippen LogP contribution in [-0.2, 0) is 0 Å². The highest BCUT2D eigenvalue weighted by atomic mass is 35.5. The lowest BCUT2D eigenvalue weighted by Gasteiger charge is -2.29. The first-order valence-corrected chi connectivity index (χ1v) is 8.47. The molecular weight excluding hydrogens is 288 g/mol. The first-order chi connectivity index (χ1) is 9.33. The van der Waals surface area contributed by atoms with Crippen LogP contribution in [0, 0.1) is 11.8 Å². The number of thioether (sulfide) groups is 1. The molecule has 2 N–H and O–H groups in total. The first kappa shape index (κ1) is 16.2. The average Bonchev–Trinajstić information content (AvgIpc) is 2.84. The lowest BCUT2D eigenvalue weighted by atomic mass is 9.78. The minimum absolute atomic E-state index is 0. The molecule has 20 heavy (non-hydrogen) atoms. The molecule has 1 saturated carbocycles. The predicted octanol–water partition coefficient (Wildman–Crippen LogP) is 3.26. The Balaban J connectivity index is 0.00000147. The van der Waals surface area contributed by atoms with Crippen LogP contribution in [0.4, 0.5) is 0 Å². The molecule has 2 fully saturated rings. The van der Waals surface area contributed by atoms with E-state index in [0.717, 1.165) is 11.8 Å². The van der Waals surface area contributed by atoms with Crippen LogP contribution in [-0.4, -0.2) is 36.3 Å². The van der Waals surface area contributed by atoms with Gasteiger partial charge in [0.2, 0.25) is 0 Å². The number of hydrogen-bond acceptors (Lipinski definition) is 3. The molecule has 0 radical (unpaired) electrons. The van der Waals surface area contributed by atoms with E-state index in [1.54, 1.807) is 0 Å². The Morgan fingerprint density at radius 1 is 1.15 bits per heavy atom. The van der Waals surface area contributed by atoms with Crippen LogP contribution < -0.4 is 5.73 Å². The zero-order chi connectivity index (χ0) is 13.1. The summed E-state index contributed by atoms with van der Waals surface area (Å²) >= 11 is 1.97. The van der Waals surface area contributed by atoms with E-state index >= 15 is 0 Å². The fourth-order valence-corrected chi connectivity index (χ4v) is 4.54. The minimum atomic E-state index is 0. The summed E-state index contributed by atoms with van der Waals surface area (Å²) in [5.74, 6) is 2.85. The zero-order valence-corrected chi connectivity index (χ0v) is 13.5. The van der Waals surface area contributed by atoms with Gasteiger partial charge in [0, 0.05) is 36.3 Å². The molecule has 0 bridgehead atoms. The number of benzene rings is 1. The number of likely N-dealkylation sites (tertiary alicyclic amines) is 1. The molecule has 1 heterocycles. The number of fused-ring (bicyclic) bond motifs is 1. The molecule has 3 unspecified atom stereocenters. The molecule has 0 aromatic heterocycles. The van der Waals surface area contributed by atoms with Crippen molar-refractivity contribution in [2.24, 2.45) is 17.6 Å². The topological polar surface area (TPSA) is 29.3 Å². The average molecular weight is 313 g/mol. The van der Waals surface area contributed by atoms with E-state index in [4.69, 9.17) is 5.73 Å². The molecule has 1 aromatic rings. The van der Waals surface area contributed by atoms with Crippen molar-refractivity contribution in [1.29, 1.82) is 0 Å². The van der Waals surface area contributed by atoms with E-state index in [0.29, 0.717) is 6.04 Å². The van der Waals surface area contributed by atoms with Crippen molar-refractivity contribution in [3.05, 3.63) is 30.3 Å². The summed E-state index contributed by atoms with van der Waals surface area (Å²) in [4.78, 5) is 4.02. The SMILES string of the molecule is Cl.NC1CCCC2CN(CCSc3ccccc3)CC12. The summed E-state index contributed by atoms with van der Waals surface area (Å²) in [6.07, 6.45) is 3.99. The molecule has 0 spiro atoms. The molecule has 3 atom stereocenters. The van der Waals surface area contributed by atoms with Gasteiger partial charge in [-0.15, -0.1) is 24.2 Å². The second-order valence-corrected chi connectivity index (χ2v) is 7.11. The summed E-state index contributed by atoms with van der Waals surface area (Å²) < 4.78 is 0. The largest absolute Gasteiger partial charge is 0.327 e. The predicted molar refractivity (Wildman–Crippen MR) is 89.7 cm³/mol. The van der Waals surface area contributed by atoms with E-state index in [1.165, 1.54) is 49.5 Å². The lowest BCUT2D eigenvalue weighted by Crippen LogP contribution is -2.38. The van der Waals surface area contributed by atoms with Gasteiger partial charge in [-0.2, -0.15) is 0 Å². The minimum Gasteiger partial charge on any atom is -0.327 e. The molecule has 1 aliphatic carbocycles. The van der Waals surface area contributed by atoms with Crippen LogP contribution >= 0.6 is 24.2 Å². The Labute approximate surface area is 132 Å². The van der Waals surface area contributed by atoms with E-state index in [-0.39, 0.29) is 12.4 Å². The van der Waals surface area contributed by atoms with Crippen molar-refractivity contribution in [3.63, 3.8) is 0 Å². The maximum absolute atomic E-state index is 6.27. The molecule has 2 nitrogen and oxygen atoms in total. The van der Waals surface area contributed by atoms with Crippen LogP contribution in [0.15, 0.2) is 35.2 Å². The number of halogens is 1. The summed E-state index contributed by atoms with van der Waals surface area (Å²) in [5, 5.41) is 0. The molecule has 112 valence electrons. The molecule has 1 saturated heterocycles. The van der Waals surface area contributed by atoms with Gasteiger partial charge in [-0.05, 0) is 36.8 Å². The fourth-order valence-electron chi connectivity index (χ4n) is 3.60. The van der Waals surface area contributed by atoms with E-state index < -0.39 is 0 Å². The summed E-state index contributed by atoms with van der Waals surface area (Å²) in [5.41, 5.74) is 6.27. The van der Waals surface area contributed by atoms with Crippen LogP contribution in [0.1, 0.15) is 19.3 Å². The van der Waals surface area contributed by atoms with Gasteiger partial charge in [0.25, 0.3) is 0 Å². The van der Waals surface area contributed by atoms with Gasteiger partial charge in [-0.1, -0.05) is 24.6 Å². The first-order valence-electron chi connectivity index (χ1n) is 7.49. The van der Waals surface area contributed by atoms with Crippen LogP contribution in [0.3, 0.4) is 0 Å². The molecular formula is C16H25ClN2S. The third-order valence-electron chi connectivity index (χ3n) is 4.65. The quantitative estimate of drug-likeness (QED) is 0.865. The number of nitrogens with zero attached hydrogens (tertiary/aromatic N) is 1. The van der Waals surface area contributed by atoms with Gasteiger partial charge in [0.15, 0.2) is 0 Å². The molecule has 1 aromatic carbocycles. The fraction of sp³-hybridized carbons (Fsp3) is 0.625. The second kappa shape index (κ2) is 7.69. The molecule has 3 rings (SSSR count). The van der Waals surface area contributed by atoms with Crippen LogP contribution in [0.2, 0.25) is 0 Å². The van der Waals surface area contributed by atoms with E-state index in [9.17, 15) is 0 Å². The Morgan fingerprint density at radius 3 is 2.70 bits per heavy atom. The summed E-state index contributed by atoms with van der Waals surface area (Å²) in [7, 11) is 0. The van der Waals surface area contributed by atoms with Gasteiger partial charge in [0.05, 0.1) is 0 Å². The Hall–Kier alpha value is -0.220. The van der Waals surface area contributed by atoms with Crippen molar-refractivity contribution in [1.82, 2.24) is 4.90 Å². The van der Waals surface area contributed by atoms with Crippen molar-refractivity contribution in [2.75, 3.05) is 25.4 Å². The summed E-state index contributed by atoms with van der Waals surface area (Å²) in [6.45, 7) is 3.73. The Bertz CT molecular complexity index is 401. The highest BCUT2D eigenvalue weighted by molar-refractivity contribution is 7.99. The molecule has 0 amide bonds. The summed E-state index contributed by atoms with van der Waals surface area (Å²) in [6, 6.07) is 11.2. The van der Waals surface area contributed by atoms with E-state index in [2.05, 4.69) is 35.2 Å². The lowest BCUT2D eigenvalue weighted by molar-refractivity contribution is 0.259. The highest BCUT2D eigenvalue weighted by Crippen LogP contribution is 2.35. The highest BCUT2D eigenvalue weighted by Gasteiger charge is 2.38. The van der Waals surface area contributed by atoms with Gasteiger partial charge in [-0.25, -0.2) is 0 Å². The monoisotopic (exact) mass is 312 g/mol. The number of rotatable bonds is 4. The molecule has 2 aliphatic rings. The van der Waals surface area contributed by atoms with Crippen molar-refractivity contribution in [3.8, 4) is 0 Å². The maximum atomic E-state index is 6.27. The number of nitrogens with two attached hydrogens (primary N) is 1. The van der Waals surface area contributed by atoms with Crippen LogP contribution in [0.25, 0.3) is 0 Å². The Kier molecular flexibility index (Phi) is 6.21. The van der Waals surface area contributed by atoms with Crippen molar-refractivity contribution in [2.45, 2.75) is 30.2 Å². The van der Waals surface area contributed by atoms with Gasteiger partial charge >= 0.3 is 0 Å². The maximum Gasteiger partial charge on any atom is 0.0108 e. The van der Waals surface area contributed by atoms with Crippen molar-refractivity contribution >= 4 is 24.2 Å². The van der Waals surface area contributed by atoms with Gasteiger partial charge in [-0.3, -0.25) is 0 Å². The Morgan fingerprint density at radius 2 is 1.95 bits per heavy atom. The third kappa shape index (κ3) is 3.91. The smallest absolute Gasteiger partial charge is 0.0108 e. The van der Waals surface area contributed by atoms with Crippen LogP contribution in [0.5, 0.6) is 0 Å². The normalized spacial score (nSPS) is 29.8. The second-order valence-electron chi connectivity index (χ2n) is 5.94. The third-order valence-corrected chi connectivity index (χ3v) is 5.64. The van der Waals surface area contributed by atoms with Crippen molar-refractivity contribution < 1.29 is 0 Å². The number of hydrogen-bond donors (Lipinski definition) is 1. The molecule has 1 aliphatic heterocycles. The molecule has 4 heteroatoms. The van der Waals surface area contributed by atoms with E-state index in [1.807, 2.05) is 11.8 Å². The standard InChI is InChI=1S/C16H24N2S.ClH/c17-16-8-4-5-13-11-18(12-15(13)16)9-10-19-14-6-2-1-3-7-14;/h1-3,6-7,13,15-16H,4-5,8-12,17H2;1H. The zero-order valence-electron chi connectivity index (χ0n) is 11.9. The van der Waals surface area contributed by atoms with Gasteiger partial charge < -0.3 is 10.6 Å².